The molecule has 0 aliphatic heterocycles. The number of rotatable bonds is 3. The summed E-state index contributed by atoms with van der Waals surface area (Å²) < 4.78 is 54.8. The summed E-state index contributed by atoms with van der Waals surface area (Å²) in [5, 5.41) is 0.727. The van der Waals surface area contributed by atoms with Crippen molar-refractivity contribution in [2.24, 2.45) is 5.92 Å². The zero-order valence-corrected chi connectivity index (χ0v) is 13.1. The van der Waals surface area contributed by atoms with E-state index in [0.29, 0.717) is 17.2 Å². The van der Waals surface area contributed by atoms with Gasteiger partial charge in [-0.05, 0) is 54.5 Å². The van der Waals surface area contributed by atoms with Gasteiger partial charge in [0.2, 0.25) is 0 Å². The van der Waals surface area contributed by atoms with Crippen LogP contribution in [-0.4, -0.2) is 6.36 Å². The first-order chi connectivity index (χ1) is 11.4. The van der Waals surface area contributed by atoms with Crippen LogP contribution >= 0.6 is 0 Å². The molecule has 128 valence electrons. The summed E-state index contributed by atoms with van der Waals surface area (Å²) in [5.41, 5.74) is 1.11. The lowest BCUT2D eigenvalue weighted by atomic mass is 9.78. The highest BCUT2D eigenvalue weighted by atomic mass is 19.4. The molecular formula is C19H18F4O. The third kappa shape index (κ3) is 3.55. The third-order valence-electron chi connectivity index (χ3n) is 4.74. The fourth-order valence-electron chi connectivity index (χ4n) is 3.44. The summed E-state index contributed by atoms with van der Waals surface area (Å²) in [6.07, 6.45) is 1.34. The lowest BCUT2D eigenvalue weighted by Crippen LogP contribution is -2.18. The molecule has 0 amide bonds. The fourth-order valence-corrected chi connectivity index (χ4v) is 3.44. The van der Waals surface area contributed by atoms with E-state index in [-0.39, 0.29) is 5.39 Å². The highest BCUT2D eigenvalue weighted by molar-refractivity contribution is 5.85. The average Bonchev–Trinajstić information content (AvgIpc) is 2.56. The first-order valence-electron chi connectivity index (χ1n) is 7.98. The van der Waals surface area contributed by atoms with Crippen LogP contribution in [0.3, 0.4) is 0 Å². The second-order valence-corrected chi connectivity index (χ2v) is 6.25. The van der Waals surface area contributed by atoms with Crippen molar-refractivity contribution in [2.45, 2.75) is 38.0 Å². The van der Waals surface area contributed by atoms with E-state index in [4.69, 9.17) is 0 Å². The standard InChI is InChI=1S/C19H18F4O/c1-2-12-3-5-13(6-4-12)14-7-9-16-15(11-14)8-10-17(18(16)20)24-19(21,22)23/h2,7-13H,1,3-6H2. The second-order valence-electron chi connectivity index (χ2n) is 6.25. The first-order valence-corrected chi connectivity index (χ1v) is 7.98. The number of hydrogen-bond acceptors (Lipinski definition) is 1. The van der Waals surface area contributed by atoms with Crippen LogP contribution in [0, 0.1) is 11.7 Å². The summed E-state index contributed by atoms with van der Waals surface area (Å²) in [6, 6.07) is 7.72. The maximum absolute atomic E-state index is 14.2. The van der Waals surface area contributed by atoms with Crippen molar-refractivity contribution in [1.82, 2.24) is 0 Å². The van der Waals surface area contributed by atoms with Gasteiger partial charge in [-0.15, -0.1) is 19.8 Å². The van der Waals surface area contributed by atoms with Gasteiger partial charge in [-0.1, -0.05) is 30.3 Å². The topological polar surface area (TPSA) is 9.23 Å². The molecule has 0 aromatic heterocycles. The average molecular weight is 338 g/mol. The van der Waals surface area contributed by atoms with Crippen molar-refractivity contribution >= 4 is 10.8 Å². The summed E-state index contributed by atoms with van der Waals surface area (Å²) in [4.78, 5) is 0. The van der Waals surface area contributed by atoms with Crippen molar-refractivity contribution in [3.63, 3.8) is 0 Å². The van der Waals surface area contributed by atoms with E-state index in [9.17, 15) is 17.6 Å². The van der Waals surface area contributed by atoms with E-state index < -0.39 is 17.9 Å². The largest absolute Gasteiger partial charge is 0.573 e. The van der Waals surface area contributed by atoms with Gasteiger partial charge < -0.3 is 4.74 Å². The smallest absolute Gasteiger partial charge is 0.403 e. The predicted molar refractivity (Wildman–Crippen MR) is 85.5 cm³/mol. The van der Waals surface area contributed by atoms with E-state index in [1.165, 1.54) is 6.07 Å². The minimum absolute atomic E-state index is 0.139. The molecule has 1 fully saturated rings. The number of allylic oxidation sites excluding steroid dienone is 1. The highest BCUT2D eigenvalue weighted by Gasteiger charge is 2.32. The molecule has 0 saturated heterocycles. The van der Waals surface area contributed by atoms with Crippen molar-refractivity contribution < 1.29 is 22.3 Å². The Balaban J connectivity index is 1.87. The zero-order chi connectivity index (χ0) is 17.3. The summed E-state index contributed by atoms with van der Waals surface area (Å²) >= 11 is 0. The molecule has 24 heavy (non-hydrogen) atoms. The maximum Gasteiger partial charge on any atom is 0.573 e. The van der Waals surface area contributed by atoms with Crippen molar-refractivity contribution in [2.75, 3.05) is 0 Å². The molecule has 0 heterocycles. The molecule has 2 aromatic carbocycles. The van der Waals surface area contributed by atoms with E-state index in [2.05, 4.69) is 11.3 Å². The SMILES string of the molecule is C=CC1CCC(c2ccc3c(F)c(OC(F)(F)F)ccc3c2)CC1. The quantitative estimate of drug-likeness (QED) is 0.469. The minimum Gasteiger partial charge on any atom is -0.403 e. The number of halogens is 4. The molecular weight excluding hydrogens is 320 g/mol. The van der Waals surface area contributed by atoms with E-state index in [1.54, 1.807) is 6.07 Å². The number of ether oxygens (including phenoxy) is 1. The Hall–Kier alpha value is -2.04. The molecule has 5 heteroatoms. The van der Waals surface area contributed by atoms with Gasteiger partial charge in [0.05, 0.1) is 0 Å². The number of benzene rings is 2. The Kier molecular flexibility index (Phi) is 4.52. The molecule has 0 unspecified atom stereocenters. The van der Waals surface area contributed by atoms with Crippen LogP contribution in [0.25, 0.3) is 10.8 Å². The molecule has 1 aliphatic rings. The van der Waals surface area contributed by atoms with Gasteiger partial charge in [0.25, 0.3) is 0 Å². The van der Waals surface area contributed by atoms with Gasteiger partial charge in [0, 0.05) is 5.39 Å². The minimum atomic E-state index is -4.90. The lowest BCUT2D eigenvalue weighted by molar-refractivity contribution is -0.275. The molecule has 0 N–H and O–H groups in total. The van der Waals surface area contributed by atoms with Gasteiger partial charge >= 0.3 is 6.36 Å². The summed E-state index contributed by atoms with van der Waals surface area (Å²) in [7, 11) is 0. The molecule has 0 bridgehead atoms. The Morgan fingerprint density at radius 3 is 2.38 bits per heavy atom. The normalized spacial score (nSPS) is 21.7. The second kappa shape index (κ2) is 6.46. The molecule has 1 saturated carbocycles. The van der Waals surface area contributed by atoms with Crippen LogP contribution in [0.4, 0.5) is 17.6 Å². The molecule has 2 aromatic rings. The maximum atomic E-state index is 14.2. The molecule has 0 spiro atoms. The predicted octanol–water partition coefficient (Wildman–Crippen LogP) is 6.34. The highest BCUT2D eigenvalue weighted by Crippen LogP contribution is 2.38. The van der Waals surface area contributed by atoms with Crippen molar-refractivity contribution in [1.29, 1.82) is 0 Å². The van der Waals surface area contributed by atoms with Gasteiger partial charge in [-0.25, -0.2) is 4.39 Å². The van der Waals surface area contributed by atoms with E-state index in [1.807, 2.05) is 18.2 Å². The van der Waals surface area contributed by atoms with E-state index in [0.717, 1.165) is 37.3 Å². The van der Waals surface area contributed by atoms with Gasteiger partial charge in [0.1, 0.15) is 0 Å². The van der Waals surface area contributed by atoms with Gasteiger partial charge in [0.15, 0.2) is 11.6 Å². The zero-order valence-electron chi connectivity index (χ0n) is 13.1. The van der Waals surface area contributed by atoms with E-state index >= 15 is 0 Å². The number of hydrogen-bond donors (Lipinski definition) is 0. The monoisotopic (exact) mass is 338 g/mol. The Labute approximate surface area is 137 Å². The van der Waals surface area contributed by atoms with Crippen molar-refractivity contribution in [3.05, 3.63) is 54.4 Å². The Morgan fingerprint density at radius 1 is 1.04 bits per heavy atom. The van der Waals surface area contributed by atoms with Crippen LogP contribution in [0.1, 0.15) is 37.2 Å². The van der Waals surface area contributed by atoms with Crippen LogP contribution in [0.15, 0.2) is 43.0 Å². The number of fused-ring (bicyclic) bond motifs is 1. The first kappa shape index (κ1) is 16.8. The summed E-state index contributed by atoms with van der Waals surface area (Å²) in [5.74, 6) is -0.818. The third-order valence-corrected chi connectivity index (χ3v) is 4.74. The molecule has 0 radical (unpaired) electrons. The lowest BCUT2D eigenvalue weighted by Gasteiger charge is -2.27. The molecule has 3 rings (SSSR count). The molecule has 1 aliphatic carbocycles. The van der Waals surface area contributed by atoms with Gasteiger partial charge in [-0.3, -0.25) is 0 Å². The van der Waals surface area contributed by atoms with Crippen LogP contribution in [-0.2, 0) is 0 Å². The summed E-state index contributed by atoms with van der Waals surface area (Å²) in [6.45, 7) is 3.83. The molecule has 1 nitrogen and oxygen atoms in total. The van der Waals surface area contributed by atoms with Crippen LogP contribution in [0.2, 0.25) is 0 Å². The Bertz CT molecular complexity index is 743. The van der Waals surface area contributed by atoms with Crippen LogP contribution < -0.4 is 4.74 Å². The van der Waals surface area contributed by atoms with Gasteiger partial charge in [-0.2, -0.15) is 0 Å². The molecule has 0 atom stereocenters. The van der Waals surface area contributed by atoms with Crippen molar-refractivity contribution in [3.8, 4) is 5.75 Å². The number of alkyl halides is 3. The Morgan fingerprint density at radius 2 is 1.75 bits per heavy atom. The fraction of sp³-hybridized carbons (Fsp3) is 0.368. The van der Waals surface area contributed by atoms with Crippen LogP contribution in [0.5, 0.6) is 5.75 Å².